The van der Waals surface area contributed by atoms with E-state index in [1.165, 1.54) is 0 Å². The minimum Gasteiger partial charge on any atom is -0.312 e. The molecule has 1 fully saturated rings. The van der Waals surface area contributed by atoms with Crippen molar-refractivity contribution in [3.63, 3.8) is 0 Å². The molecule has 1 aliphatic heterocycles. The molecule has 1 aliphatic rings. The molecule has 130 valence electrons. The Morgan fingerprint density at radius 2 is 1.85 bits per heavy atom. The van der Waals surface area contributed by atoms with Crippen LogP contribution >= 0.6 is 0 Å². The maximum absolute atomic E-state index is 11.9. The summed E-state index contributed by atoms with van der Waals surface area (Å²) in [5.74, 6) is 0.991. The van der Waals surface area contributed by atoms with Gasteiger partial charge in [0.15, 0.2) is 5.78 Å². The van der Waals surface area contributed by atoms with E-state index in [9.17, 15) is 9.59 Å². The van der Waals surface area contributed by atoms with E-state index in [0.717, 1.165) is 35.7 Å². The molecule has 1 aromatic heterocycles. The molecular weight excluding hydrogens is 326 g/mol. The number of carbonyl (C=O) groups is 2. The number of anilines is 1. The summed E-state index contributed by atoms with van der Waals surface area (Å²) in [6.45, 7) is 2.34. The Kier molecular flexibility index (Phi) is 4.13. The van der Waals surface area contributed by atoms with Crippen molar-refractivity contribution in [2.45, 2.75) is 19.8 Å². The van der Waals surface area contributed by atoms with Crippen molar-refractivity contribution in [2.24, 2.45) is 0 Å². The third-order valence-corrected chi connectivity index (χ3v) is 4.68. The zero-order chi connectivity index (χ0) is 18.1. The number of aromatic nitrogens is 2. The lowest BCUT2D eigenvalue weighted by atomic mass is 10.1. The second-order valence-corrected chi connectivity index (χ2v) is 6.42. The Morgan fingerprint density at radius 1 is 1.08 bits per heavy atom. The Hall–Kier alpha value is -3.21. The Bertz CT molecular complexity index is 973. The summed E-state index contributed by atoms with van der Waals surface area (Å²) in [6.07, 6.45) is 5.18. The van der Waals surface area contributed by atoms with Gasteiger partial charge in [0.25, 0.3) is 0 Å². The summed E-state index contributed by atoms with van der Waals surface area (Å²) in [6, 6.07) is 15.4. The molecule has 2 aromatic carbocycles. The molecule has 3 aromatic rings. The predicted octanol–water partition coefficient (Wildman–Crippen LogP) is 3.87. The van der Waals surface area contributed by atoms with Gasteiger partial charge in [0, 0.05) is 47.9 Å². The van der Waals surface area contributed by atoms with Gasteiger partial charge in [-0.15, -0.1) is 0 Å². The molecule has 1 saturated heterocycles. The highest BCUT2D eigenvalue weighted by Crippen LogP contribution is 2.26. The van der Waals surface area contributed by atoms with Crippen LogP contribution in [0.25, 0.3) is 17.1 Å². The third kappa shape index (κ3) is 2.92. The molecule has 4 rings (SSSR count). The molecule has 0 spiro atoms. The summed E-state index contributed by atoms with van der Waals surface area (Å²) in [7, 11) is 0. The van der Waals surface area contributed by atoms with E-state index in [4.69, 9.17) is 0 Å². The topological polar surface area (TPSA) is 55.2 Å². The monoisotopic (exact) mass is 345 g/mol. The number of nitrogens with zero attached hydrogens (tertiary/aromatic N) is 3. The lowest BCUT2D eigenvalue weighted by Gasteiger charge is -2.16. The molecular formula is C21H19N3O2. The van der Waals surface area contributed by atoms with Gasteiger partial charge in [-0.1, -0.05) is 18.2 Å². The van der Waals surface area contributed by atoms with E-state index in [2.05, 4.69) is 4.98 Å². The number of Topliss-reactive ketones (excluding diaryl/α,β-unsaturated/α-hetero) is 1. The molecule has 5 heteroatoms. The third-order valence-electron chi connectivity index (χ3n) is 4.68. The quantitative estimate of drug-likeness (QED) is 0.675. The number of rotatable bonds is 4. The number of ketones is 1. The average Bonchev–Trinajstić information content (AvgIpc) is 3.31. The maximum atomic E-state index is 11.9. The van der Waals surface area contributed by atoms with E-state index >= 15 is 0 Å². The average molecular weight is 345 g/mol. The van der Waals surface area contributed by atoms with Gasteiger partial charge < -0.3 is 4.90 Å². The largest absolute Gasteiger partial charge is 0.312 e. The van der Waals surface area contributed by atoms with Gasteiger partial charge >= 0.3 is 0 Å². The number of amides is 1. The predicted molar refractivity (Wildman–Crippen MR) is 101 cm³/mol. The first-order valence-corrected chi connectivity index (χ1v) is 8.69. The normalized spacial score (nSPS) is 14.0. The van der Waals surface area contributed by atoms with Gasteiger partial charge in [-0.3, -0.25) is 14.2 Å². The highest BCUT2D eigenvalue weighted by molar-refractivity contribution is 5.95. The molecule has 0 unspecified atom stereocenters. The SMILES string of the molecule is CC(=O)c1cccc(-c2nccn2-c2ccc(N3CCCC3=O)cc2)c1. The molecule has 0 atom stereocenters. The van der Waals surface area contributed by atoms with Gasteiger partial charge in [-0.05, 0) is 43.7 Å². The number of benzene rings is 2. The lowest BCUT2D eigenvalue weighted by molar-refractivity contribution is -0.117. The molecule has 5 nitrogen and oxygen atoms in total. The fourth-order valence-corrected chi connectivity index (χ4v) is 3.32. The van der Waals surface area contributed by atoms with Gasteiger partial charge in [-0.25, -0.2) is 4.98 Å². The number of hydrogen-bond donors (Lipinski definition) is 0. The van der Waals surface area contributed by atoms with Crippen LogP contribution in [0.5, 0.6) is 0 Å². The fraction of sp³-hybridized carbons (Fsp3) is 0.190. The molecule has 0 radical (unpaired) electrons. The van der Waals surface area contributed by atoms with Crippen molar-refractivity contribution < 1.29 is 9.59 Å². The van der Waals surface area contributed by atoms with Crippen molar-refractivity contribution in [3.8, 4) is 17.1 Å². The first kappa shape index (κ1) is 16.3. The first-order chi connectivity index (χ1) is 12.6. The van der Waals surface area contributed by atoms with Gasteiger partial charge in [-0.2, -0.15) is 0 Å². The standard InChI is InChI=1S/C21H19N3O2/c1-15(25)16-4-2-5-17(14-16)21-22-11-13-24(21)19-9-7-18(8-10-19)23-12-3-6-20(23)26/h2,4-5,7-11,13-14H,3,6,12H2,1H3. The highest BCUT2D eigenvalue weighted by atomic mass is 16.2. The van der Waals surface area contributed by atoms with E-state index in [1.807, 2.05) is 58.1 Å². The van der Waals surface area contributed by atoms with Crippen LogP contribution in [-0.4, -0.2) is 27.8 Å². The van der Waals surface area contributed by atoms with Crippen molar-refractivity contribution in [1.82, 2.24) is 9.55 Å². The zero-order valence-corrected chi connectivity index (χ0v) is 14.6. The summed E-state index contributed by atoms with van der Waals surface area (Å²) in [5.41, 5.74) is 3.44. The molecule has 1 amide bonds. The molecule has 2 heterocycles. The van der Waals surface area contributed by atoms with Gasteiger partial charge in [0.05, 0.1) is 0 Å². The minimum absolute atomic E-state index is 0.0320. The van der Waals surface area contributed by atoms with Gasteiger partial charge in [0.2, 0.25) is 5.91 Å². The summed E-state index contributed by atoms with van der Waals surface area (Å²) in [4.78, 5) is 29.8. The van der Waals surface area contributed by atoms with Crippen molar-refractivity contribution in [1.29, 1.82) is 0 Å². The van der Waals surface area contributed by atoms with Crippen molar-refractivity contribution in [2.75, 3.05) is 11.4 Å². The van der Waals surface area contributed by atoms with Crippen molar-refractivity contribution in [3.05, 3.63) is 66.5 Å². The van der Waals surface area contributed by atoms with Crippen LogP contribution < -0.4 is 4.90 Å². The lowest BCUT2D eigenvalue weighted by Crippen LogP contribution is -2.23. The number of imidazole rings is 1. The Balaban J connectivity index is 1.68. The van der Waals surface area contributed by atoms with Crippen LogP contribution in [-0.2, 0) is 4.79 Å². The van der Waals surface area contributed by atoms with Crippen LogP contribution in [0, 0.1) is 0 Å². The van der Waals surface area contributed by atoms with Crippen LogP contribution in [0.15, 0.2) is 60.9 Å². The molecule has 26 heavy (non-hydrogen) atoms. The maximum Gasteiger partial charge on any atom is 0.227 e. The molecule has 0 aliphatic carbocycles. The second-order valence-electron chi connectivity index (χ2n) is 6.42. The molecule has 0 N–H and O–H groups in total. The van der Waals surface area contributed by atoms with Crippen LogP contribution in [0.4, 0.5) is 5.69 Å². The van der Waals surface area contributed by atoms with Crippen LogP contribution in [0.3, 0.4) is 0 Å². The van der Waals surface area contributed by atoms with Crippen LogP contribution in [0.2, 0.25) is 0 Å². The first-order valence-electron chi connectivity index (χ1n) is 8.69. The summed E-state index contributed by atoms with van der Waals surface area (Å²) >= 11 is 0. The minimum atomic E-state index is 0.0320. The van der Waals surface area contributed by atoms with E-state index in [-0.39, 0.29) is 11.7 Å². The van der Waals surface area contributed by atoms with E-state index in [1.54, 1.807) is 19.2 Å². The van der Waals surface area contributed by atoms with E-state index in [0.29, 0.717) is 12.0 Å². The number of carbonyl (C=O) groups excluding carboxylic acids is 2. The van der Waals surface area contributed by atoms with Crippen LogP contribution in [0.1, 0.15) is 30.1 Å². The smallest absolute Gasteiger partial charge is 0.227 e. The van der Waals surface area contributed by atoms with Crippen molar-refractivity contribution >= 4 is 17.4 Å². The molecule has 0 bridgehead atoms. The highest BCUT2D eigenvalue weighted by Gasteiger charge is 2.21. The Morgan fingerprint density at radius 3 is 2.54 bits per heavy atom. The van der Waals surface area contributed by atoms with E-state index < -0.39 is 0 Å². The van der Waals surface area contributed by atoms with Gasteiger partial charge in [0.1, 0.15) is 5.82 Å². The second kappa shape index (κ2) is 6.59. The fourth-order valence-electron chi connectivity index (χ4n) is 3.32. The molecule has 0 saturated carbocycles. The Labute approximate surface area is 151 Å². The zero-order valence-electron chi connectivity index (χ0n) is 14.6. The summed E-state index contributed by atoms with van der Waals surface area (Å²) < 4.78 is 1.98. The summed E-state index contributed by atoms with van der Waals surface area (Å²) in [5, 5.41) is 0. The number of hydrogen-bond acceptors (Lipinski definition) is 3.